The molecule has 0 unspecified atom stereocenters. The van der Waals surface area contributed by atoms with Crippen LogP contribution in [0.5, 0.6) is 0 Å². The van der Waals surface area contributed by atoms with Crippen molar-refractivity contribution in [3.8, 4) is 0 Å². The molecule has 1 aliphatic rings. The van der Waals surface area contributed by atoms with E-state index in [2.05, 4.69) is 4.74 Å². The third-order valence-corrected chi connectivity index (χ3v) is 3.37. The van der Waals surface area contributed by atoms with E-state index in [9.17, 15) is 35.9 Å². The van der Waals surface area contributed by atoms with E-state index in [1.165, 1.54) is 12.2 Å². The van der Waals surface area contributed by atoms with E-state index in [1.807, 2.05) is 0 Å². The summed E-state index contributed by atoms with van der Waals surface area (Å²) in [5.74, 6) is -1.77. The minimum absolute atomic E-state index is 0.101. The molecular weight excluding hydrogens is 358 g/mol. The fourth-order valence-electron chi connectivity index (χ4n) is 2.17. The third-order valence-electron chi connectivity index (χ3n) is 3.37. The molecule has 1 aromatic rings. The Morgan fingerprint density at radius 3 is 2.08 bits per heavy atom. The number of imide groups is 1. The van der Waals surface area contributed by atoms with Crippen molar-refractivity contribution in [2.24, 2.45) is 0 Å². The van der Waals surface area contributed by atoms with E-state index in [4.69, 9.17) is 0 Å². The number of anilines is 1. The molecule has 1 heterocycles. The second-order valence-electron chi connectivity index (χ2n) is 5.14. The summed E-state index contributed by atoms with van der Waals surface area (Å²) < 4.78 is 82.2. The molecule has 1 atom stereocenters. The van der Waals surface area contributed by atoms with Crippen molar-refractivity contribution in [2.45, 2.75) is 31.4 Å². The van der Waals surface area contributed by atoms with Gasteiger partial charge in [-0.3, -0.25) is 10.1 Å². The molecule has 138 valence electrons. The minimum atomic E-state index is -5.25. The molecule has 1 saturated heterocycles. The highest BCUT2D eigenvalue weighted by molar-refractivity contribution is 6.23. The Morgan fingerprint density at radius 2 is 1.64 bits per heavy atom. The lowest BCUT2D eigenvalue weighted by Crippen LogP contribution is -2.60. The summed E-state index contributed by atoms with van der Waals surface area (Å²) in [5.41, 5.74) is -5.09. The molecule has 0 radical (unpaired) electrons. The number of ether oxygens (including phenoxy) is 1. The molecule has 0 spiro atoms. The van der Waals surface area contributed by atoms with Gasteiger partial charge in [0, 0.05) is 0 Å². The van der Waals surface area contributed by atoms with Crippen LogP contribution >= 0.6 is 0 Å². The van der Waals surface area contributed by atoms with Crippen molar-refractivity contribution in [1.29, 1.82) is 0 Å². The van der Waals surface area contributed by atoms with Gasteiger partial charge in [0.2, 0.25) is 0 Å². The van der Waals surface area contributed by atoms with Crippen molar-refractivity contribution in [3.63, 3.8) is 0 Å². The fraction of sp³-hybridized carbons (Fsp3) is 0.429. The Labute approximate surface area is 137 Å². The van der Waals surface area contributed by atoms with Gasteiger partial charge in [-0.2, -0.15) is 26.3 Å². The van der Waals surface area contributed by atoms with Gasteiger partial charge < -0.3 is 4.74 Å². The number of carbonyl (C=O) groups excluding carboxylic acids is 2. The van der Waals surface area contributed by atoms with Crippen LogP contribution in [0, 0.1) is 0 Å². The zero-order chi connectivity index (χ0) is 19.0. The van der Waals surface area contributed by atoms with Crippen LogP contribution in [-0.4, -0.2) is 30.4 Å². The van der Waals surface area contributed by atoms with Crippen LogP contribution in [0.25, 0.3) is 0 Å². The second kappa shape index (κ2) is 6.21. The average molecular weight is 370 g/mol. The van der Waals surface area contributed by atoms with Crippen LogP contribution in [0.2, 0.25) is 0 Å². The predicted octanol–water partition coefficient (Wildman–Crippen LogP) is 3.45. The summed E-state index contributed by atoms with van der Waals surface area (Å²) >= 11 is 0. The van der Waals surface area contributed by atoms with Gasteiger partial charge in [0.05, 0.1) is 17.9 Å². The molecule has 25 heavy (non-hydrogen) atoms. The lowest BCUT2D eigenvalue weighted by atomic mass is 10.1. The van der Waals surface area contributed by atoms with Crippen molar-refractivity contribution >= 4 is 17.6 Å². The van der Waals surface area contributed by atoms with Crippen molar-refractivity contribution in [2.75, 3.05) is 11.5 Å². The first-order valence-corrected chi connectivity index (χ1v) is 6.98. The Balaban J connectivity index is 2.40. The number of carbonyl (C=O) groups is 2. The first-order chi connectivity index (χ1) is 11.4. The van der Waals surface area contributed by atoms with E-state index < -0.39 is 47.9 Å². The predicted molar refractivity (Wildman–Crippen MR) is 72.5 cm³/mol. The average Bonchev–Trinajstić information content (AvgIpc) is 2.76. The number of urea groups is 1. The highest BCUT2D eigenvalue weighted by atomic mass is 19.4. The maximum absolute atomic E-state index is 13.3. The van der Waals surface area contributed by atoms with Crippen molar-refractivity contribution in [3.05, 3.63) is 29.8 Å². The van der Waals surface area contributed by atoms with Crippen LogP contribution in [-0.2, 0) is 15.7 Å². The fourth-order valence-corrected chi connectivity index (χ4v) is 2.17. The van der Waals surface area contributed by atoms with Crippen LogP contribution in [0.4, 0.5) is 36.8 Å². The number of nitrogens with one attached hydrogen (secondary N) is 1. The molecule has 5 nitrogen and oxygen atoms in total. The van der Waals surface area contributed by atoms with E-state index in [0.717, 1.165) is 12.1 Å². The smallest absolute Gasteiger partial charge is 0.340 e. The Bertz CT molecular complexity index is 671. The number of rotatable bonds is 4. The Hall–Kier alpha value is -2.30. The lowest BCUT2D eigenvalue weighted by Gasteiger charge is -2.28. The molecule has 1 aromatic carbocycles. The first-order valence-electron chi connectivity index (χ1n) is 6.98. The topological polar surface area (TPSA) is 58.6 Å². The summed E-state index contributed by atoms with van der Waals surface area (Å²) in [6, 6.07) is 1.12. The number of benzene rings is 1. The summed E-state index contributed by atoms with van der Waals surface area (Å²) in [4.78, 5) is 24.2. The minimum Gasteiger partial charge on any atom is -0.340 e. The molecule has 1 aliphatic heterocycles. The van der Waals surface area contributed by atoms with E-state index in [-0.39, 0.29) is 11.3 Å². The lowest BCUT2D eigenvalue weighted by molar-refractivity contribution is -0.269. The van der Waals surface area contributed by atoms with Gasteiger partial charge in [-0.1, -0.05) is 6.92 Å². The van der Waals surface area contributed by atoms with E-state index in [1.54, 1.807) is 0 Å². The second-order valence-corrected chi connectivity index (χ2v) is 5.14. The van der Waals surface area contributed by atoms with Crippen molar-refractivity contribution in [1.82, 2.24) is 5.32 Å². The van der Waals surface area contributed by atoms with Gasteiger partial charge in [-0.05, 0) is 30.7 Å². The standard InChI is InChI=1S/C14H12F6N2O3/c1-2-7-25-12(14(18,19)20)10(23)22(11(24)21-12)9-5-3-8(4-6-9)13(15,16)17/h3-6H,2,7H2,1H3,(H,21,24)/t12-/m0/s1. The molecule has 0 aromatic heterocycles. The quantitative estimate of drug-likeness (QED) is 0.653. The zero-order valence-corrected chi connectivity index (χ0v) is 12.7. The molecule has 11 heteroatoms. The van der Waals surface area contributed by atoms with Gasteiger partial charge >= 0.3 is 24.1 Å². The molecule has 2 rings (SSSR count). The first kappa shape index (κ1) is 19.0. The summed E-state index contributed by atoms with van der Waals surface area (Å²) in [7, 11) is 0. The SMILES string of the molecule is CCCO[C@@]1(C(F)(F)F)NC(=O)N(c2ccc(C(F)(F)F)cc2)C1=O. The normalized spacial score (nSPS) is 21.6. The molecule has 0 aliphatic carbocycles. The number of nitrogens with zero attached hydrogens (tertiary/aromatic N) is 1. The molecule has 1 N–H and O–H groups in total. The molecule has 0 bridgehead atoms. The maximum Gasteiger partial charge on any atom is 0.446 e. The molecule has 1 fully saturated rings. The molecule has 0 saturated carbocycles. The van der Waals surface area contributed by atoms with E-state index in [0.29, 0.717) is 12.1 Å². The number of amides is 3. The van der Waals surface area contributed by atoms with Crippen LogP contribution in [0.3, 0.4) is 0 Å². The molecular formula is C14H12F6N2O3. The Kier molecular flexibility index (Phi) is 4.73. The highest BCUT2D eigenvalue weighted by Gasteiger charge is 2.69. The van der Waals surface area contributed by atoms with Gasteiger partial charge in [-0.25, -0.2) is 9.69 Å². The van der Waals surface area contributed by atoms with Gasteiger partial charge in [0.15, 0.2) is 0 Å². The maximum atomic E-state index is 13.3. The highest BCUT2D eigenvalue weighted by Crippen LogP contribution is 2.39. The number of alkyl halides is 6. The van der Waals surface area contributed by atoms with Crippen LogP contribution in [0.1, 0.15) is 18.9 Å². The van der Waals surface area contributed by atoms with Crippen LogP contribution in [0.15, 0.2) is 24.3 Å². The largest absolute Gasteiger partial charge is 0.446 e. The van der Waals surface area contributed by atoms with E-state index >= 15 is 0 Å². The third kappa shape index (κ3) is 3.28. The molecule has 3 amide bonds. The van der Waals surface area contributed by atoms with Gasteiger partial charge in [0.25, 0.3) is 5.91 Å². The van der Waals surface area contributed by atoms with Gasteiger partial charge in [-0.15, -0.1) is 0 Å². The van der Waals surface area contributed by atoms with Crippen LogP contribution < -0.4 is 10.2 Å². The Morgan fingerprint density at radius 1 is 1.08 bits per heavy atom. The summed E-state index contributed by atoms with van der Waals surface area (Å²) in [6.07, 6.45) is -9.79. The summed E-state index contributed by atoms with van der Waals surface area (Å²) in [5, 5.41) is 1.45. The van der Waals surface area contributed by atoms with Gasteiger partial charge in [0.1, 0.15) is 0 Å². The monoisotopic (exact) mass is 370 g/mol. The number of hydrogen-bond donors (Lipinski definition) is 1. The zero-order valence-electron chi connectivity index (χ0n) is 12.7. The number of hydrogen-bond acceptors (Lipinski definition) is 3. The summed E-state index contributed by atoms with van der Waals surface area (Å²) in [6.45, 7) is 1.03. The van der Waals surface area contributed by atoms with Crippen molar-refractivity contribution < 1.29 is 40.7 Å². The number of halogens is 6.